The van der Waals surface area contributed by atoms with Crippen LogP contribution in [0.15, 0.2) is 57.7 Å². The highest BCUT2D eigenvalue weighted by atomic mass is 79.9. The van der Waals surface area contributed by atoms with Gasteiger partial charge >= 0.3 is 5.82 Å². The molecule has 0 aliphatic carbocycles. The van der Waals surface area contributed by atoms with E-state index in [0.29, 0.717) is 17.9 Å². The summed E-state index contributed by atoms with van der Waals surface area (Å²) in [6.45, 7) is 0.401. The van der Waals surface area contributed by atoms with E-state index in [4.69, 9.17) is 16.0 Å². The second-order valence-electron chi connectivity index (χ2n) is 6.61. The van der Waals surface area contributed by atoms with Crippen LogP contribution >= 0.6 is 27.5 Å². The fourth-order valence-corrected chi connectivity index (χ4v) is 3.54. The van der Waals surface area contributed by atoms with Gasteiger partial charge in [-0.05, 0) is 50.7 Å². The molecule has 0 aliphatic heterocycles. The first kappa shape index (κ1) is 21.7. The monoisotopic (exact) mass is 522 g/mol. The van der Waals surface area contributed by atoms with E-state index in [2.05, 4.69) is 31.4 Å². The second-order valence-corrected chi connectivity index (χ2v) is 7.87. The number of nitrogens with zero attached hydrogens (tertiary/aromatic N) is 5. The Morgan fingerprint density at radius 3 is 2.75 bits per heavy atom. The van der Waals surface area contributed by atoms with Crippen LogP contribution in [-0.2, 0) is 13.1 Å². The molecule has 0 fully saturated rings. The van der Waals surface area contributed by atoms with E-state index in [9.17, 15) is 19.3 Å². The average Bonchev–Trinajstić information content (AvgIpc) is 3.45. The lowest BCUT2D eigenvalue weighted by Crippen LogP contribution is -2.12. The Hall–Kier alpha value is -3.51. The minimum Gasteiger partial charge on any atom is -0.454 e. The molecule has 0 bridgehead atoms. The Morgan fingerprint density at radius 2 is 2.03 bits per heavy atom. The zero-order valence-corrected chi connectivity index (χ0v) is 18.4. The number of furan rings is 1. The van der Waals surface area contributed by atoms with Gasteiger partial charge in [-0.1, -0.05) is 17.7 Å². The van der Waals surface area contributed by atoms with Gasteiger partial charge in [0.1, 0.15) is 22.6 Å². The Morgan fingerprint density at radius 1 is 1.22 bits per heavy atom. The number of carbonyl (C=O) groups excluding carboxylic acids is 1. The van der Waals surface area contributed by atoms with Crippen LogP contribution < -0.4 is 5.32 Å². The fourth-order valence-electron chi connectivity index (χ4n) is 2.85. The van der Waals surface area contributed by atoms with Crippen LogP contribution in [0.5, 0.6) is 0 Å². The SMILES string of the molecule is O=C(Nc1ccn(Cc2ccc(F)cc2Cl)n1)c1ccc(Cn2cc(Br)c([N+](=O)[O-])n2)o1. The minimum atomic E-state index is -0.606. The summed E-state index contributed by atoms with van der Waals surface area (Å²) in [5.41, 5.74) is 0.676. The van der Waals surface area contributed by atoms with Gasteiger partial charge in [0.05, 0.1) is 17.8 Å². The first-order chi connectivity index (χ1) is 15.3. The van der Waals surface area contributed by atoms with Gasteiger partial charge in [0.15, 0.2) is 11.6 Å². The number of amides is 1. The summed E-state index contributed by atoms with van der Waals surface area (Å²) in [6.07, 6.45) is 3.09. The summed E-state index contributed by atoms with van der Waals surface area (Å²) in [6, 6.07) is 8.74. The van der Waals surface area contributed by atoms with Crippen molar-refractivity contribution in [1.82, 2.24) is 19.6 Å². The maximum atomic E-state index is 13.2. The highest BCUT2D eigenvalue weighted by molar-refractivity contribution is 9.10. The quantitative estimate of drug-likeness (QED) is 0.281. The Labute approximate surface area is 192 Å². The highest BCUT2D eigenvalue weighted by Crippen LogP contribution is 2.23. The van der Waals surface area contributed by atoms with E-state index in [0.717, 1.165) is 0 Å². The molecule has 0 radical (unpaired) electrons. The Bertz CT molecular complexity index is 1320. The molecule has 0 saturated carbocycles. The van der Waals surface area contributed by atoms with E-state index < -0.39 is 16.6 Å². The number of nitrogens with one attached hydrogen (secondary N) is 1. The number of anilines is 1. The molecule has 13 heteroatoms. The molecule has 4 rings (SSSR count). The molecule has 32 heavy (non-hydrogen) atoms. The number of rotatable bonds is 7. The van der Waals surface area contributed by atoms with E-state index >= 15 is 0 Å². The fraction of sp³-hybridized carbons (Fsp3) is 0.105. The molecular formula is C19H13BrClFN6O4. The number of benzene rings is 1. The molecule has 10 nitrogen and oxygen atoms in total. The van der Waals surface area contributed by atoms with Gasteiger partial charge in [0.2, 0.25) is 0 Å². The van der Waals surface area contributed by atoms with Crippen molar-refractivity contribution in [3.05, 3.63) is 91.3 Å². The minimum absolute atomic E-state index is 0.0388. The third kappa shape index (κ3) is 4.86. The van der Waals surface area contributed by atoms with Crippen LogP contribution in [0.1, 0.15) is 21.9 Å². The van der Waals surface area contributed by atoms with Gasteiger partial charge in [-0.3, -0.25) is 9.48 Å². The van der Waals surface area contributed by atoms with Crippen molar-refractivity contribution < 1.29 is 18.5 Å². The summed E-state index contributed by atoms with van der Waals surface area (Å²) in [7, 11) is 0. The van der Waals surface area contributed by atoms with Crippen molar-refractivity contribution in [3.63, 3.8) is 0 Å². The summed E-state index contributed by atoms with van der Waals surface area (Å²) in [5.74, 6) is -0.546. The topological polar surface area (TPSA) is 121 Å². The number of carbonyl (C=O) groups is 1. The van der Waals surface area contributed by atoms with Crippen molar-refractivity contribution in [2.75, 3.05) is 5.32 Å². The molecule has 0 spiro atoms. The predicted octanol–water partition coefficient (Wildman–Crippen LogP) is 4.48. The van der Waals surface area contributed by atoms with Crippen LogP contribution in [0.4, 0.5) is 16.0 Å². The van der Waals surface area contributed by atoms with Crippen LogP contribution in [0, 0.1) is 15.9 Å². The molecule has 4 aromatic rings. The van der Waals surface area contributed by atoms with Crippen molar-refractivity contribution in [2.45, 2.75) is 13.1 Å². The van der Waals surface area contributed by atoms with Crippen molar-refractivity contribution in [2.24, 2.45) is 0 Å². The smallest absolute Gasteiger partial charge is 0.404 e. The van der Waals surface area contributed by atoms with Crippen LogP contribution in [0.3, 0.4) is 0 Å². The van der Waals surface area contributed by atoms with Gasteiger partial charge < -0.3 is 19.8 Å². The van der Waals surface area contributed by atoms with Crippen LogP contribution in [-0.4, -0.2) is 30.4 Å². The zero-order valence-electron chi connectivity index (χ0n) is 16.0. The highest BCUT2D eigenvalue weighted by Gasteiger charge is 2.20. The van der Waals surface area contributed by atoms with E-state index in [1.165, 1.54) is 29.1 Å². The number of aromatic nitrogens is 4. The summed E-state index contributed by atoms with van der Waals surface area (Å²) in [4.78, 5) is 22.7. The molecule has 1 aromatic carbocycles. The molecular weight excluding hydrogens is 511 g/mol. The van der Waals surface area contributed by atoms with Gasteiger partial charge in [-0.25, -0.2) is 4.39 Å². The summed E-state index contributed by atoms with van der Waals surface area (Å²) >= 11 is 9.10. The van der Waals surface area contributed by atoms with Gasteiger partial charge in [0, 0.05) is 17.3 Å². The molecule has 3 aromatic heterocycles. The lowest BCUT2D eigenvalue weighted by Gasteiger charge is -2.05. The Balaban J connectivity index is 1.39. The number of nitro groups is 1. The van der Waals surface area contributed by atoms with Crippen molar-refractivity contribution in [3.8, 4) is 0 Å². The maximum absolute atomic E-state index is 13.2. The third-order valence-electron chi connectivity index (χ3n) is 4.31. The molecule has 1 amide bonds. The molecule has 0 saturated heterocycles. The van der Waals surface area contributed by atoms with Gasteiger partial charge in [-0.15, -0.1) is 0 Å². The molecule has 3 heterocycles. The Kier molecular flexibility index (Phi) is 6.06. The lowest BCUT2D eigenvalue weighted by molar-refractivity contribution is -0.390. The first-order valence-electron chi connectivity index (χ1n) is 9.03. The van der Waals surface area contributed by atoms with Crippen LogP contribution in [0.25, 0.3) is 0 Å². The number of halogens is 3. The van der Waals surface area contributed by atoms with Crippen molar-refractivity contribution in [1.29, 1.82) is 0 Å². The number of hydrogen-bond acceptors (Lipinski definition) is 6. The second kappa shape index (κ2) is 8.93. The van der Waals surface area contributed by atoms with Crippen LogP contribution in [0.2, 0.25) is 5.02 Å². The van der Waals surface area contributed by atoms with Gasteiger partial charge in [0.25, 0.3) is 5.91 Å². The van der Waals surface area contributed by atoms with Crippen molar-refractivity contribution >= 4 is 45.1 Å². The zero-order chi connectivity index (χ0) is 22.8. The van der Waals surface area contributed by atoms with E-state index in [1.807, 2.05) is 0 Å². The predicted molar refractivity (Wildman–Crippen MR) is 115 cm³/mol. The lowest BCUT2D eigenvalue weighted by atomic mass is 10.2. The first-order valence-corrected chi connectivity index (χ1v) is 10.2. The molecule has 0 unspecified atom stereocenters. The summed E-state index contributed by atoms with van der Waals surface area (Å²) < 4.78 is 21.8. The molecule has 164 valence electrons. The largest absolute Gasteiger partial charge is 0.454 e. The van der Waals surface area contributed by atoms with E-state index in [1.54, 1.807) is 29.1 Å². The average molecular weight is 524 g/mol. The molecule has 0 aliphatic rings. The standard InChI is InChI=1S/C19H13BrClFN6O4/c20-14-10-27(25-18(14)28(30)31)9-13-3-4-16(32-13)19(29)23-17-5-6-26(24-17)8-11-1-2-12(22)7-15(11)21/h1-7,10H,8-9H2,(H,23,24,29). The summed E-state index contributed by atoms with van der Waals surface area (Å²) in [5, 5.41) is 21.9. The number of hydrogen-bond donors (Lipinski definition) is 1. The third-order valence-corrected chi connectivity index (χ3v) is 5.22. The molecule has 0 atom stereocenters. The molecule has 1 N–H and O–H groups in total. The normalized spacial score (nSPS) is 11.0. The maximum Gasteiger partial charge on any atom is 0.404 e. The van der Waals surface area contributed by atoms with E-state index in [-0.39, 0.29) is 33.4 Å². The van der Waals surface area contributed by atoms with Gasteiger partial charge in [-0.2, -0.15) is 9.78 Å².